The van der Waals surface area contributed by atoms with Crippen LogP contribution in [0.1, 0.15) is 30.5 Å². The molecule has 36 heavy (non-hydrogen) atoms. The molecule has 6 nitrogen and oxygen atoms in total. The van der Waals surface area contributed by atoms with Crippen molar-refractivity contribution in [3.8, 4) is 11.1 Å². The predicted octanol–water partition coefficient (Wildman–Crippen LogP) is 5.66. The van der Waals surface area contributed by atoms with Gasteiger partial charge in [-0.25, -0.2) is 9.59 Å². The Bertz CT molecular complexity index is 1370. The summed E-state index contributed by atoms with van der Waals surface area (Å²) in [6.07, 6.45) is 0.404. The van der Waals surface area contributed by atoms with E-state index in [1.807, 2.05) is 49.4 Å². The van der Waals surface area contributed by atoms with E-state index < -0.39 is 0 Å². The average molecular weight is 484 g/mol. The molecule has 2 amide bonds. The maximum absolute atomic E-state index is 12.7. The third kappa shape index (κ3) is 5.77. The monoisotopic (exact) mass is 483 g/mol. The summed E-state index contributed by atoms with van der Waals surface area (Å²) in [7, 11) is 0. The van der Waals surface area contributed by atoms with Gasteiger partial charge in [0.1, 0.15) is 5.58 Å². The molecule has 4 aromatic rings. The SMILES string of the molecule is CCN(CC)c1ccc2c(C)c(CCNC(=O)NCc3ccc(-c4ccccc4)cc3)c(=O)oc2c1. The predicted molar refractivity (Wildman–Crippen MR) is 147 cm³/mol. The fraction of sp³-hybridized carbons (Fsp3) is 0.267. The summed E-state index contributed by atoms with van der Waals surface area (Å²) in [6.45, 7) is 8.67. The van der Waals surface area contributed by atoms with Crippen molar-refractivity contribution in [1.82, 2.24) is 10.6 Å². The Kier molecular flexibility index (Phi) is 8.06. The summed E-state index contributed by atoms with van der Waals surface area (Å²) in [4.78, 5) is 27.2. The molecule has 6 heteroatoms. The van der Waals surface area contributed by atoms with Gasteiger partial charge in [0, 0.05) is 48.9 Å². The Morgan fingerprint density at radius 3 is 2.28 bits per heavy atom. The Hall–Kier alpha value is -4.06. The minimum atomic E-state index is -0.350. The second-order valence-corrected chi connectivity index (χ2v) is 8.77. The van der Waals surface area contributed by atoms with E-state index in [1.54, 1.807) is 0 Å². The molecule has 186 valence electrons. The van der Waals surface area contributed by atoms with Crippen molar-refractivity contribution in [2.45, 2.75) is 33.7 Å². The third-order valence-electron chi connectivity index (χ3n) is 6.57. The van der Waals surface area contributed by atoms with Gasteiger partial charge < -0.3 is 20.0 Å². The van der Waals surface area contributed by atoms with Crippen LogP contribution in [0, 0.1) is 6.92 Å². The zero-order chi connectivity index (χ0) is 25.5. The summed E-state index contributed by atoms with van der Waals surface area (Å²) in [5.74, 6) is 0. The first kappa shape index (κ1) is 25.0. The van der Waals surface area contributed by atoms with Crippen LogP contribution >= 0.6 is 0 Å². The first-order valence-electron chi connectivity index (χ1n) is 12.5. The smallest absolute Gasteiger partial charge is 0.339 e. The molecule has 0 bridgehead atoms. The van der Waals surface area contributed by atoms with Crippen molar-refractivity contribution in [2.24, 2.45) is 0 Å². The molecule has 0 radical (unpaired) electrons. The van der Waals surface area contributed by atoms with Gasteiger partial charge in [0.05, 0.1) is 0 Å². The van der Waals surface area contributed by atoms with Crippen LogP contribution in [0.5, 0.6) is 0 Å². The lowest BCUT2D eigenvalue weighted by atomic mass is 10.0. The van der Waals surface area contributed by atoms with Crippen LogP contribution in [-0.4, -0.2) is 25.7 Å². The van der Waals surface area contributed by atoms with Crippen LogP contribution < -0.4 is 21.2 Å². The molecule has 0 unspecified atom stereocenters. The second kappa shape index (κ2) is 11.6. The molecule has 4 rings (SSSR count). The number of hydrogen-bond donors (Lipinski definition) is 2. The summed E-state index contributed by atoms with van der Waals surface area (Å²) >= 11 is 0. The molecule has 0 fully saturated rings. The van der Waals surface area contributed by atoms with E-state index in [9.17, 15) is 9.59 Å². The minimum Gasteiger partial charge on any atom is -0.422 e. The largest absolute Gasteiger partial charge is 0.422 e. The van der Waals surface area contributed by atoms with E-state index in [1.165, 1.54) is 0 Å². The van der Waals surface area contributed by atoms with E-state index in [-0.39, 0.29) is 11.7 Å². The Morgan fingerprint density at radius 1 is 0.889 bits per heavy atom. The average Bonchev–Trinajstić information content (AvgIpc) is 2.90. The van der Waals surface area contributed by atoms with Crippen LogP contribution in [0.4, 0.5) is 10.5 Å². The number of nitrogens with zero attached hydrogens (tertiary/aromatic N) is 1. The molecule has 0 saturated carbocycles. The van der Waals surface area contributed by atoms with E-state index >= 15 is 0 Å². The van der Waals surface area contributed by atoms with Gasteiger partial charge in [0.15, 0.2) is 0 Å². The van der Waals surface area contributed by atoms with Crippen molar-refractivity contribution in [3.63, 3.8) is 0 Å². The summed E-state index contributed by atoms with van der Waals surface area (Å²) < 4.78 is 5.65. The maximum Gasteiger partial charge on any atom is 0.339 e. The lowest BCUT2D eigenvalue weighted by Crippen LogP contribution is -2.36. The number of hydrogen-bond acceptors (Lipinski definition) is 4. The lowest BCUT2D eigenvalue weighted by molar-refractivity contribution is 0.240. The van der Waals surface area contributed by atoms with Gasteiger partial charge in [-0.05, 0) is 61.6 Å². The zero-order valence-corrected chi connectivity index (χ0v) is 21.1. The van der Waals surface area contributed by atoms with Crippen molar-refractivity contribution >= 4 is 22.7 Å². The quantitative estimate of drug-likeness (QED) is 0.302. The fourth-order valence-corrected chi connectivity index (χ4v) is 4.45. The Labute approximate surface area is 211 Å². The van der Waals surface area contributed by atoms with Crippen LogP contribution in [0.25, 0.3) is 22.1 Å². The second-order valence-electron chi connectivity index (χ2n) is 8.77. The van der Waals surface area contributed by atoms with Gasteiger partial charge in [0.2, 0.25) is 0 Å². The van der Waals surface area contributed by atoms with Gasteiger partial charge in [-0.1, -0.05) is 54.6 Å². The number of carbonyl (C=O) groups is 1. The summed E-state index contributed by atoms with van der Waals surface area (Å²) in [5, 5.41) is 6.64. The molecule has 0 saturated heterocycles. The Balaban J connectivity index is 1.32. The number of benzene rings is 3. The van der Waals surface area contributed by atoms with Crippen LogP contribution in [0.2, 0.25) is 0 Å². The standard InChI is InChI=1S/C30H33N3O3/c1-4-33(5-2)25-15-16-26-21(3)27(29(34)36-28(26)19-25)17-18-31-30(35)32-20-22-11-13-24(14-12-22)23-9-7-6-8-10-23/h6-16,19H,4-5,17-18,20H2,1-3H3,(H2,31,32,35). The molecule has 0 aliphatic rings. The van der Waals surface area contributed by atoms with Gasteiger partial charge in [-0.3, -0.25) is 0 Å². The van der Waals surface area contributed by atoms with Gasteiger partial charge in [-0.2, -0.15) is 0 Å². The van der Waals surface area contributed by atoms with Crippen molar-refractivity contribution in [1.29, 1.82) is 0 Å². The number of rotatable bonds is 9. The number of fused-ring (bicyclic) bond motifs is 1. The maximum atomic E-state index is 12.7. The molecular formula is C30H33N3O3. The van der Waals surface area contributed by atoms with Crippen molar-refractivity contribution < 1.29 is 9.21 Å². The molecule has 0 aliphatic carbocycles. The molecular weight excluding hydrogens is 450 g/mol. The van der Waals surface area contributed by atoms with Gasteiger partial charge >= 0.3 is 11.7 Å². The fourth-order valence-electron chi connectivity index (χ4n) is 4.45. The lowest BCUT2D eigenvalue weighted by Gasteiger charge is -2.21. The normalized spacial score (nSPS) is 10.9. The number of nitrogens with one attached hydrogen (secondary N) is 2. The van der Waals surface area contributed by atoms with Crippen LogP contribution in [0.15, 0.2) is 82.0 Å². The number of anilines is 1. The van der Waals surface area contributed by atoms with Crippen molar-refractivity contribution in [2.75, 3.05) is 24.5 Å². The van der Waals surface area contributed by atoms with E-state index in [4.69, 9.17) is 4.42 Å². The molecule has 0 spiro atoms. The third-order valence-corrected chi connectivity index (χ3v) is 6.57. The number of aryl methyl sites for hydroxylation is 1. The highest BCUT2D eigenvalue weighted by molar-refractivity contribution is 5.84. The van der Waals surface area contributed by atoms with E-state index in [0.29, 0.717) is 30.7 Å². The molecule has 1 heterocycles. The topological polar surface area (TPSA) is 74.6 Å². The Morgan fingerprint density at radius 2 is 1.58 bits per heavy atom. The summed E-state index contributed by atoms with van der Waals surface area (Å²) in [5.41, 5.74) is 6.08. The zero-order valence-electron chi connectivity index (χ0n) is 21.1. The van der Waals surface area contributed by atoms with Crippen LogP contribution in [-0.2, 0) is 13.0 Å². The first-order chi connectivity index (χ1) is 17.5. The molecule has 0 aliphatic heterocycles. The van der Waals surface area contributed by atoms with Gasteiger partial charge in [-0.15, -0.1) is 0 Å². The number of urea groups is 1. The van der Waals surface area contributed by atoms with E-state index in [2.05, 4.69) is 59.7 Å². The first-order valence-corrected chi connectivity index (χ1v) is 12.5. The molecule has 2 N–H and O–H groups in total. The number of carbonyl (C=O) groups excluding carboxylic acids is 1. The van der Waals surface area contributed by atoms with Gasteiger partial charge in [0.25, 0.3) is 0 Å². The highest BCUT2D eigenvalue weighted by atomic mass is 16.4. The number of amides is 2. The minimum absolute atomic E-state index is 0.270. The highest BCUT2D eigenvalue weighted by Gasteiger charge is 2.13. The molecule has 1 aromatic heterocycles. The molecule has 3 aromatic carbocycles. The molecule has 0 atom stereocenters. The van der Waals surface area contributed by atoms with Crippen LogP contribution in [0.3, 0.4) is 0 Å². The highest BCUT2D eigenvalue weighted by Crippen LogP contribution is 2.25. The van der Waals surface area contributed by atoms with Crippen molar-refractivity contribution in [3.05, 3.63) is 99.9 Å². The van der Waals surface area contributed by atoms with E-state index in [0.717, 1.165) is 46.4 Å². The summed E-state index contributed by atoms with van der Waals surface area (Å²) in [6, 6.07) is 24.0.